The average Bonchev–Trinajstić information content (AvgIpc) is 2.75. The third kappa shape index (κ3) is 4.36. The molecule has 0 saturated carbocycles. The molecule has 1 aliphatic heterocycles. The van der Waals surface area contributed by atoms with Crippen molar-refractivity contribution in [3.8, 4) is 0 Å². The van der Waals surface area contributed by atoms with E-state index in [1.54, 1.807) is 0 Å². The van der Waals surface area contributed by atoms with Crippen LogP contribution in [0.15, 0.2) is 48.5 Å². The van der Waals surface area contributed by atoms with Gasteiger partial charge >= 0.3 is 0 Å². The molecule has 0 spiro atoms. The van der Waals surface area contributed by atoms with Crippen molar-refractivity contribution >= 4 is 28.9 Å². The summed E-state index contributed by atoms with van der Waals surface area (Å²) in [4.78, 5) is 14.5. The Morgan fingerprint density at radius 2 is 1.71 bits per heavy atom. The van der Waals surface area contributed by atoms with E-state index < -0.39 is 0 Å². The standard InChI is InChI=1S/C23H27N3OS/c27-22(26-15-4-1-5-16-26)18-11-13-19(14-12-18)24-23(28)25-21-10-6-8-17-7-2-3-9-20(17)21/h2-3,7,9,11-14,21H,1,4-6,8,10,15-16H2,(H2,24,25,28)/t21-/m0/s1. The van der Waals surface area contributed by atoms with Crippen LogP contribution in [0.2, 0.25) is 0 Å². The van der Waals surface area contributed by atoms with Gasteiger partial charge in [0, 0.05) is 24.3 Å². The van der Waals surface area contributed by atoms with Gasteiger partial charge in [-0.25, -0.2) is 0 Å². The summed E-state index contributed by atoms with van der Waals surface area (Å²) in [5.74, 6) is 0.130. The second-order valence-corrected chi connectivity index (χ2v) is 8.08. The molecule has 2 aromatic carbocycles. The number of carbonyl (C=O) groups is 1. The van der Waals surface area contributed by atoms with Crippen molar-refractivity contribution in [3.63, 3.8) is 0 Å². The number of rotatable bonds is 3. The molecule has 0 radical (unpaired) electrons. The van der Waals surface area contributed by atoms with Gasteiger partial charge < -0.3 is 15.5 Å². The topological polar surface area (TPSA) is 44.4 Å². The maximum Gasteiger partial charge on any atom is 0.253 e. The Morgan fingerprint density at radius 1 is 0.964 bits per heavy atom. The van der Waals surface area contributed by atoms with Gasteiger partial charge in [-0.2, -0.15) is 0 Å². The van der Waals surface area contributed by atoms with E-state index in [0.717, 1.165) is 50.0 Å². The zero-order valence-corrected chi connectivity index (χ0v) is 16.9. The number of likely N-dealkylation sites (tertiary alicyclic amines) is 1. The van der Waals surface area contributed by atoms with Crippen molar-refractivity contribution in [2.24, 2.45) is 0 Å². The molecule has 1 amide bonds. The van der Waals surface area contributed by atoms with Gasteiger partial charge in [0.2, 0.25) is 0 Å². The highest BCUT2D eigenvalue weighted by molar-refractivity contribution is 7.80. The fourth-order valence-corrected chi connectivity index (χ4v) is 4.47. The van der Waals surface area contributed by atoms with Crippen LogP contribution in [0.25, 0.3) is 0 Å². The van der Waals surface area contributed by atoms with Crippen molar-refractivity contribution in [1.29, 1.82) is 0 Å². The number of amides is 1. The van der Waals surface area contributed by atoms with Gasteiger partial charge in [0.1, 0.15) is 0 Å². The summed E-state index contributed by atoms with van der Waals surface area (Å²) in [5.41, 5.74) is 4.40. The largest absolute Gasteiger partial charge is 0.356 e. The summed E-state index contributed by atoms with van der Waals surface area (Å²) < 4.78 is 0. The van der Waals surface area contributed by atoms with Crippen molar-refractivity contribution in [2.75, 3.05) is 18.4 Å². The maximum atomic E-state index is 12.6. The van der Waals surface area contributed by atoms with Crippen LogP contribution in [0.5, 0.6) is 0 Å². The number of benzene rings is 2. The summed E-state index contributed by atoms with van der Waals surface area (Å²) in [6.07, 6.45) is 6.83. The monoisotopic (exact) mass is 393 g/mol. The lowest BCUT2D eigenvalue weighted by Gasteiger charge is -2.27. The zero-order chi connectivity index (χ0) is 19.3. The molecule has 5 heteroatoms. The lowest BCUT2D eigenvalue weighted by molar-refractivity contribution is 0.0724. The van der Waals surface area contributed by atoms with E-state index in [4.69, 9.17) is 12.2 Å². The van der Waals surface area contributed by atoms with E-state index in [-0.39, 0.29) is 11.9 Å². The molecule has 146 valence electrons. The molecule has 0 aromatic heterocycles. The molecule has 1 heterocycles. The first-order chi connectivity index (χ1) is 13.7. The Morgan fingerprint density at radius 3 is 2.50 bits per heavy atom. The highest BCUT2D eigenvalue weighted by Gasteiger charge is 2.21. The molecule has 1 atom stereocenters. The van der Waals surface area contributed by atoms with Crippen molar-refractivity contribution in [3.05, 3.63) is 65.2 Å². The van der Waals surface area contributed by atoms with Crippen molar-refractivity contribution in [2.45, 2.75) is 44.6 Å². The van der Waals surface area contributed by atoms with Crippen LogP contribution in [0.3, 0.4) is 0 Å². The smallest absolute Gasteiger partial charge is 0.253 e. The predicted octanol–water partition coefficient (Wildman–Crippen LogP) is 4.68. The van der Waals surface area contributed by atoms with E-state index in [0.29, 0.717) is 5.11 Å². The molecular weight excluding hydrogens is 366 g/mol. The van der Waals surface area contributed by atoms with Gasteiger partial charge in [-0.3, -0.25) is 4.79 Å². The second kappa shape index (κ2) is 8.74. The van der Waals surface area contributed by atoms with Gasteiger partial charge in [-0.15, -0.1) is 0 Å². The first kappa shape index (κ1) is 18.9. The van der Waals surface area contributed by atoms with Crippen LogP contribution in [-0.4, -0.2) is 29.0 Å². The molecular formula is C23H27N3OS. The fraction of sp³-hybridized carbons (Fsp3) is 0.391. The molecule has 2 aromatic rings. The number of hydrogen-bond donors (Lipinski definition) is 2. The molecule has 1 aliphatic carbocycles. The molecule has 4 rings (SSSR count). The number of carbonyl (C=O) groups excluding carboxylic acids is 1. The molecule has 2 aliphatic rings. The summed E-state index contributed by atoms with van der Waals surface area (Å²) >= 11 is 5.54. The Bertz CT molecular complexity index is 843. The Kier molecular flexibility index (Phi) is 5.91. The minimum atomic E-state index is 0.130. The average molecular weight is 394 g/mol. The number of aryl methyl sites for hydroxylation is 1. The van der Waals surface area contributed by atoms with Crippen LogP contribution < -0.4 is 10.6 Å². The Balaban J connectivity index is 1.36. The molecule has 0 unspecified atom stereocenters. The maximum absolute atomic E-state index is 12.6. The summed E-state index contributed by atoms with van der Waals surface area (Å²) in [6.45, 7) is 1.74. The Labute approximate surface area is 172 Å². The fourth-order valence-electron chi connectivity index (χ4n) is 4.21. The minimum absolute atomic E-state index is 0.130. The van der Waals surface area contributed by atoms with Crippen molar-refractivity contribution < 1.29 is 4.79 Å². The number of anilines is 1. The quantitative estimate of drug-likeness (QED) is 0.744. The number of fused-ring (bicyclic) bond motifs is 1. The summed E-state index contributed by atoms with van der Waals surface area (Å²) in [5, 5.41) is 7.34. The lowest BCUT2D eigenvalue weighted by atomic mass is 9.88. The van der Waals surface area contributed by atoms with Crippen LogP contribution in [0, 0.1) is 0 Å². The third-order valence-electron chi connectivity index (χ3n) is 5.71. The number of thiocarbonyl (C=S) groups is 1. The van der Waals surface area contributed by atoms with Crippen LogP contribution >= 0.6 is 12.2 Å². The number of nitrogens with zero attached hydrogens (tertiary/aromatic N) is 1. The molecule has 2 N–H and O–H groups in total. The second-order valence-electron chi connectivity index (χ2n) is 7.67. The number of piperidine rings is 1. The van der Waals surface area contributed by atoms with Gasteiger partial charge in [0.25, 0.3) is 5.91 Å². The summed E-state index contributed by atoms with van der Waals surface area (Å²) in [6, 6.07) is 16.5. The van der Waals surface area contributed by atoms with E-state index >= 15 is 0 Å². The van der Waals surface area contributed by atoms with E-state index in [1.165, 1.54) is 24.0 Å². The SMILES string of the molecule is O=C(c1ccc(NC(=S)N[C@H]2CCCc3ccccc32)cc1)N1CCCCC1. The van der Waals surface area contributed by atoms with Crippen LogP contribution in [-0.2, 0) is 6.42 Å². The number of hydrogen-bond acceptors (Lipinski definition) is 2. The lowest BCUT2D eigenvalue weighted by Crippen LogP contribution is -2.35. The van der Waals surface area contributed by atoms with E-state index in [1.807, 2.05) is 29.2 Å². The predicted molar refractivity (Wildman–Crippen MR) is 118 cm³/mol. The van der Waals surface area contributed by atoms with Gasteiger partial charge in [0.05, 0.1) is 6.04 Å². The highest BCUT2D eigenvalue weighted by atomic mass is 32.1. The van der Waals surface area contributed by atoms with Crippen LogP contribution in [0.4, 0.5) is 5.69 Å². The first-order valence-corrected chi connectivity index (χ1v) is 10.7. The zero-order valence-electron chi connectivity index (χ0n) is 16.1. The molecule has 4 nitrogen and oxygen atoms in total. The molecule has 0 bridgehead atoms. The normalized spacial score (nSPS) is 18.9. The van der Waals surface area contributed by atoms with Crippen LogP contribution in [0.1, 0.15) is 59.6 Å². The van der Waals surface area contributed by atoms with Crippen molar-refractivity contribution in [1.82, 2.24) is 10.2 Å². The van der Waals surface area contributed by atoms with E-state index in [9.17, 15) is 4.79 Å². The molecule has 1 fully saturated rings. The first-order valence-electron chi connectivity index (χ1n) is 10.3. The minimum Gasteiger partial charge on any atom is -0.356 e. The van der Waals surface area contributed by atoms with E-state index in [2.05, 4.69) is 34.9 Å². The number of nitrogens with one attached hydrogen (secondary N) is 2. The van der Waals surface area contributed by atoms with Gasteiger partial charge in [-0.1, -0.05) is 24.3 Å². The third-order valence-corrected chi connectivity index (χ3v) is 5.93. The molecule has 28 heavy (non-hydrogen) atoms. The van der Waals surface area contributed by atoms with Gasteiger partial charge in [-0.05, 0) is 86.1 Å². The van der Waals surface area contributed by atoms with Gasteiger partial charge in [0.15, 0.2) is 5.11 Å². The molecule has 1 saturated heterocycles. The Hall–Kier alpha value is -2.40. The highest BCUT2D eigenvalue weighted by Crippen LogP contribution is 2.29. The summed E-state index contributed by atoms with van der Waals surface area (Å²) in [7, 11) is 0.